The molecule has 0 aromatic carbocycles. The Kier molecular flexibility index (Phi) is 1.98. The summed E-state index contributed by atoms with van der Waals surface area (Å²) in [5, 5.41) is 0. The number of nitrogens with zero attached hydrogens (tertiary/aromatic N) is 1. The fourth-order valence-corrected chi connectivity index (χ4v) is 0.955. The number of hydrogen-bond donors (Lipinski definition) is 0. The SMILES string of the molecule is CC1=CN=C(C=O)C(C)C1=O. The van der Waals surface area contributed by atoms with Crippen LogP contribution in [0.4, 0.5) is 0 Å². The number of hydrogen-bond acceptors (Lipinski definition) is 3. The molecule has 1 heterocycles. The van der Waals surface area contributed by atoms with Crippen molar-refractivity contribution >= 4 is 17.8 Å². The Labute approximate surface area is 64.8 Å². The van der Waals surface area contributed by atoms with E-state index in [1.54, 1.807) is 13.8 Å². The van der Waals surface area contributed by atoms with Crippen LogP contribution >= 0.6 is 0 Å². The molecule has 3 heteroatoms. The molecule has 1 unspecified atom stereocenters. The molecule has 0 fully saturated rings. The van der Waals surface area contributed by atoms with Crippen molar-refractivity contribution < 1.29 is 9.59 Å². The summed E-state index contributed by atoms with van der Waals surface area (Å²) in [7, 11) is 0. The molecule has 0 bridgehead atoms. The average Bonchev–Trinajstić information content (AvgIpc) is 2.01. The van der Waals surface area contributed by atoms with Crippen molar-refractivity contribution in [2.45, 2.75) is 13.8 Å². The van der Waals surface area contributed by atoms with Gasteiger partial charge < -0.3 is 0 Å². The van der Waals surface area contributed by atoms with E-state index in [1.165, 1.54) is 6.20 Å². The minimum Gasteiger partial charge on any atom is -0.297 e. The van der Waals surface area contributed by atoms with Crippen molar-refractivity contribution in [2.75, 3.05) is 0 Å². The van der Waals surface area contributed by atoms with Gasteiger partial charge in [-0.15, -0.1) is 0 Å². The topological polar surface area (TPSA) is 46.5 Å². The van der Waals surface area contributed by atoms with Crippen molar-refractivity contribution in [3.8, 4) is 0 Å². The second kappa shape index (κ2) is 2.78. The molecule has 0 aromatic heterocycles. The first-order valence-electron chi connectivity index (χ1n) is 3.40. The van der Waals surface area contributed by atoms with Crippen LogP contribution in [-0.4, -0.2) is 17.8 Å². The van der Waals surface area contributed by atoms with Crippen LogP contribution in [0.5, 0.6) is 0 Å². The van der Waals surface area contributed by atoms with Crippen LogP contribution in [-0.2, 0) is 9.59 Å². The van der Waals surface area contributed by atoms with Crippen LogP contribution in [0.3, 0.4) is 0 Å². The van der Waals surface area contributed by atoms with Crippen molar-refractivity contribution in [3.05, 3.63) is 11.8 Å². The largest absolute Gasteiger partial charge is 0.297 e. The number of aldehydes is 1. The van der Waals surface area contributed by atoms with Gasteiger partial charge in [-0.25, -0.2) is 0 Å². The van der Waals surface area contributed by atoms with Crippen molar-refractivity contribution in [1.82, 2.24) is 0 Å². The van der Waals surface area contributed by atoms with E-state index in [1.807, 2.05) is 0 Å². The molecule has 3 nitrogen and oxygen atoms in total. The van der Waals surface area contributed by atoms with E-state index < -0.39 is 0 Å². The van der Waals surface area contributed by atoms with Gasteiger partial charge in [0.05, 0.1) is 11.6 Å². The molecule has 0 radical (unpaired) electrons. The van der Waals surface area contributed by atoms with Gasteiger partial charge in [-0.1, -0.05) is 0 Å². The summed E-state index contributed by atoms with van der Waals surface area (Å²) >= 11 is 0. The quantitative estimate of drug-likeness (QED) is 0.519. The monoisotopic (exact) mass is 151 g/mol. The summed E-state index contributed by atoms with van der Waals surface area (Å²) in [6, 6.07) is 0. The third kappa shape index (κ3) is 1.27. The fourth-order valence-electron chi connectivity index (χ4n) is 0.955. The van der Waals surface area contributed by atoms with Gasteiger partial charge in [0, 0.05) is 11.8 Å². The highest BCUT2D eigenvalue weighted by molar-refractivity contribution is 6.36. The highest BCUT2D eigenvalue weighted by Gasteiger charge is 2.22. The maximum atomic E-state index is 11.2. The molecule has 58 valence electrons. The maximum Gasteiger partial charge on any atom is 0.168 e. The molecule has 11 heavy (non-hydrogen) atoms. The Morgan fingerprint density at radius 2 is 2.27 bits per heavy atom. The van der Waals surface area contributed by atoms with Gasteiger partial charge in [0.15, 0.2) is 12.1 Å². The number of carbonyl (C=O) groups is 2. The number of allylic oxidation sites excluding steroid dienone is 1. The molecule has 0 saturated carbocycles. The fraction of sp³-hybridized carbons (Fsp3) is 0.375. The van der Waals surface area contributed by atoms with Crippen LogP contribution in [0.15, 0.2) is 16.8 Å². The van der Waals surface area contributed by atoms with E-state index in [-0.39, 0.29) is 11.7 Å². The van der Waals surface area contributed by atoms with Crippen LogP contribution in [0, 0.1) is 5.92 Å². The summed E-state index contributed by atoms with van der Waals surface area (Å²) in [5.41, 5.74) is 0.934. The van der Waals surface area contributed by atoms with E-state index in [4.69, 9.17) is 0 Å². The molecule has 1 aliphatic rings. The Morgan fingerprint density at radius 3 is 2.82 bits per heavy atom. The standard InChI is InChI=1S/C8H9NO2/c1-5-3-9-7(4-10)6(2)8(5)11/h3-4,6H,1-2H3. The maximum absolute atomic E-state index is 11.2. The van der Waals surface area contributed by atoms with Crippen molar-refractivity contribution in [3.63, 3.8) is 0 Å². The summed E-state index contributed by atoms with van der Waals surface area (Å²) < 4.78 is 0. The molecule has 0 aromatic rings. The first-order valence-corrected chi connectivity index (χ1v) is 3.40. The summed E-state index contributed by atoms with van der Waals surface area (Å²) in [4.78, 5) is 25.3. The molecular formula is C8H9NO2. The molecule has 1 atom stereocenters. The molecular weight excluding hydrogens is 142 g/mol. The Balaban J connectivity index is 3.02. The molecule has 1 aliphatic heterocycles. The Hall–Kier alpha value is -1.25. The lowest BCUT2D eigenvalue weighted by Gasteiger charge is -2.12. The zero-order valence-electron chi connectivity index (χ0n) is 6.50. The third-order valence-electron chi connectivity index (χ3n) is 1.75. The molecule has 0 spiro atoms. The molecule has 0 N–H and O–H groups in total. The zero-order valence-corrected chi connectivity index (χ0v) is 6.50. The molecule has 0 saturated heterocycles. The van der Waals surface area contributed by atoms with Crippen LogP contribution in [0.25, 0.3) is 0 Å². The van der Waals surface area contributed by atoms with E-state index in [0.717, 1.165) is 0 Å². The van der Waals surface area contributed by atoms with E-state index in [0.29, 0.717) is 17.6 Å². The Bertz CT molecular complexity index is 263. The lowest BCUT2D eigenvalue weighted by Crippen LogP contribution is -2.25. The van der Waals surface area contributed by atoms with Gasteiger partial charge in [0.1, 0.15) is 0 Å². The number of Topliss-reactive ketones (excluding diaryl/α,β-unsaturated/α-hetero) is 1. The molecule has 1 rings (SSSR count). The van der Waals surface area contributed by atoms with Gasteiger partial charge in [-0.3, -0.25) is 14.6 Å². The van der Waals surface area contributed by atoms with Gasteiger partial charge in [-0.05, 0) is 13.8 Å². The lowest BCUT2D eigenvalue weighted by molar-refractivity contribution is -0.117. The third-order valence-corrected chi connectivity index (χ3v) is 1.75. The van der Waals surface area contributed by atoms with Crippen LogP contribution in [0.2, 0.25) is 0 Å². The number of carbonyl (C=O) groups excluding carboxylic acids is 2. The van der Waals surface area contributed by atoms with E-state index in [2.05, 4.69) is 4.99 Å². The minimum atomic E-state index is -0.363. The average molecular weight is 151 g/mol. The summed E-state index contributed by atoms with van der Waals surface area (Å²) in [6.07, 6.45) is 2.07. The van der Waals surface area contributed by atoms with E-state index in [9.17, 15) is 9.59 Å². The van der Waals surface area contributed by atoms with Gasteiger partial charge in [0.2, 0.25) is 0 Å². The molecule has 0 aliphatic carbocycles. The first kappa shape index (κ1) is 7.85. The van der Waals surface area contributed by atoms with Gasteiger partial charge >= 0.3 is 0 Å². The summed E-state index contributed by atoms with van der Waals surface area (Å²) in [6.45, 7) is 3.38. The predicted octanol–water partition coefficient (Wildman–Crippen LogP) is 0.749. The number of aliphatic imine (C=N–C) groups is 1. The van der Waals surface area contributed by atoms with Gasteiger partial charge in [-0.2, -0.15) is 0 Å². The lowest BCUT2D eigenvalue weighted by atomic mass is 9.94. The highest BCUT2D eigenvalue weighted by Crippen LogP contribution is 2.12. The highest BCUT2D eigenvalue weighted by atomic mass is 16.1. The van der Waals surface area contributed by atoms with Gasteiger partial charge in [0.25, 0.3) is 0 Å². The minimum absolute atomic E-state index is 0.0119. The number of rotatable bonds is 1. The van der Waals surface area contributed by atoms with Crippen LogP contribution in [0.1, 0.15) is 13.8 Å². The first-order chi connectivity index (χ1) is 5.16. The van der Waals surface area contributed by atoms with E-state index >= 15 is 0 Å². The second-order valence-corrected chi connectivity index (χ2v) is 2.57. The summed E-state index contributed by atoms with van der Waals surface area (Å²) in [5.74, 6) is -0.375. The Morgan fingerprint density at radius 1 is 1.64 bits per heavy atom. The smallest absolute Gasteiger partial charge is 0.168 e. The number of ketones is 1. The van der Waals surface area contributed by atoms with Crippen LogP contribution < -0.4 is 0 Å². The second-order valence-electron chi connectivity index (χ2n) is 2.57. The molecule has 0 amide bonds. The van der Waals surface area contributed by atoms with Crippen molar-refractivity contribution in [2.24, 2.45) is 10.9 Å². The predicted molar refractivity (Wildman–Crippen MR) is 41.4 cm³/mol. The van der Waals surface area contributed by atoms with Crippen molar-refractivity contribution in [1.29, 1.82) is 0 Å². The normalized spacial score (nSPS) is 24.2. The zero-order chi connectivity index (χ0) is 8.43.